The maximum absolute atomic E-state index is 12.0. The average Bonchev–Trinajstić information content (AvgIpc) is 2.83. The van der Waals surface area contributed by atoms with Gasteiger partial charge in [0, 0.05) is 24.2 Å². The molecule has 11 heteroatoms. The number of carbonyl (C=O) groups excluding carboxylic acids is 2. The van der Waals surface area contributed by atoms with Crippen molar-refractivity contribution in [3.05, 3.63) is 62.7 Å². The number of hydrazine groups is 1. The smallest absolute Gasteiger partial charge is 0.344 e. The first kappa shape index (κ1) is 31.5. The topological polar surface area (TPSA) is 129 Å². The number of hydrogen-bond donors (Lipinski definition) is 1. The number of carbonyl (C=O) groups is 2. The van der Waals surface area contributed by atoms with E-state index in [4.69, 9.17) is 18.9 Å². The number of ether oxygens (including phenoxy) is 4. The van der Waals surface area contributed by atoms with Gasteiger partial charge in [-0.15, -0.1) is 0 Å². The van der Waals surface area contributed by atoms with Crippen LogP contribution in [0.1, 0.15) is 56.9 Å². The van der Waals surface area contributed by atoms with E-state index in [1.54, 1.807) is 13.8 Å². The summed E-state index contributed by atoms with van der Waals surface area (Å²) in [5, 5.41) is 14.0. The first-order chi connectivity index (χ1) is 18.3. The maximum Gasteiger partial charge on any atom is 0.344 e. The van der Waals surface area contributed by atoms with E-state index in [1.807, 2.05) is 39.6 Å². The number of hydrogen-bond acceptors (Lipinski definition) is 10. The second kappa shape index (κ2) is 14.5. The molecule has 11 nitrogen and oxygen atoms in total. The molecule has 0 bridgehead atoms. The molecule has 0 aliphatic carbocycles. The van der Waals surface area contributed by atoms with Crippen LogP contribution in [0.4, 0.5) is 5.69 Å². The minimum atomic E-state index is -0.644. The van der Waals surface area contributed by atoms with Gasteiger partial charge >= 0.3 is 11.9 Å². The number of nitrogens with one attached hydrogen (secondary N) is 1. The van der Waals surface area contributed by atoms with Gasteiger partial charge in [0.15, 0.2) is 24.7 Å². The monoisotopic (exact) mass is 545 g/mol. The third kappa shape index (κ3) is 10.2. The zero-order chi connectivity index (χ0) is 29.2. The largest absolute Gasteiger partial charge is 0.478 e. The third-order valence-corrected chi connectivity index (χ3v) is 5.54. The van der Waals surface area contributed by atoms with Crippen LogP contribution in [-0.2, 0) is 32.2 Å². The van der Waals surface area contributed by atoms with Crippen molar-refractivity contribution in [3.8, 4) is 11.5 Å². The van der Waals surface area contributed by atoms with Crippen molar-refractivity contribution in [2.24, 2.45) is 0 Å². The molecule has 0 aliphatic rings. The molecule has 214 valence electrons. The average molecular weight is 546 g/mol. The molecule has 0 spiro atoms. The summed E-state index contributed by atoms with van der Waals surface area (Å²) in [7, 11) is 0. The lowest BCUT2D eigenvalue weighted by Crippen LogP contribution is -2.49. The summed E-state index contributed by atoms with van der Waals surface area (Å²) >= 11 is 0. The number of nitro benzene ring substituents is 1. The second-order valence-electron chi connectivity index (χ2n) is 9.96. The summed E-state index contributed by atoms with van der Waals surface area (Å²) in [5.74, 6) is -1.26. The number of nitrogens with zero attached hydrogens (tertiary/aromatic N) is 2. The van der Waals surface area contributed by atoms with Gasteiger partial charge in [0.2, 0.25) is 0 Å². The van der Waals surface area contributed by atoms with Crippen LogP contribution in [-0.4, -0.2) is 53.8 Å². The Morgan fingerprint density at radius 3 is 1.87 bits per heavy atom. The van der Waals surface area contributed by atoms with Gasteiger partial charge in [0.05, 0.1) is 24.2 Å². The highest BCUT2D eigenvalue weighted by molar-refractivity contribution is 5.72. The summed E-state index contributed by atoms with van der Waals surface area (Å²) in [6.45, 7) is 13.6. The third-order valence-electron chi connectivity index (χ3n) is 5.54. The van der Waals surface area contributed by atoms with Crippen LogP contribution >= 0.6 is 0 Å². The van der Waals surface area contributed by atoms with Crippen LogP contribution in [0.5, 0.6) is 11.5 Å². The van der Waals surface area contributed by atoms with Gasteiger partial charge in [-0.05, 0) is 60.1 Å². The molecule has 0 fully saturated rings. The van der Waals surface area contributed by atoms with Crippen molar-refractivity contribution >= 4 is 17.6 Å². The summed E-state index contributed by atoms with van der Waals surface area (Å²) in [4.78, 5) is 35.2. The Morgan fingerprint density at radius 1 is 0.897 bits per heavy atom. The van der Waals surface area contributed by atoms with Crippen molar-refractivity contribution in [2.45, 2.75) is 67.1 Å². The van der Waals surface area contributed by atoms with Gasteiger partial charge in [-0.2, -0.15) is 0 Å². The standard InChI is InChI=1S/C28H39N3O8/c1-8-36-26(32)17-38-24-13-22(23(31(34)35)14-25(24)39-18-27(33)37-9-2)15-29-30(28(5,6)7)16-21-11-19(3)10-20(4)12-21/h10-14,29H,8-9,15-18H2,1-7H3. The molecule has 0 heterocycles. The Hall–Kier alpha value is -3.70. The van der Waals surface area contributed by atoms with Crippen LogP contribution in [0.25, 0.3) is 0 Å². The first-order valence-corrected chi connectivity index (χ1v) is 12.8. The Balaban J connectivity index is 2.37. The summed E-state index contributed by atoms with van der Waals surface area (Å²) in [5.41, 5.74) is 6.48. The van der Waals surface area contributed by atoms with Crippen molar-refractivity contribution in [3.63, 3.8) is 0 Å². The molecule has 39 heavy (non-hydrogen) atoms. The van der Waals surface area contributed by atoms with E-state index in [0.717, 1.165) is 16.7 Å². The molecule has 0 radical (unpaired) electrons. The molecule has 2 aromatic carbocycles. The van der Waals surface area contributed by atoms with E-state index >= 15 is 0 Å². The minimum absolute atomic E-state index is 0.0615. The van der Waals surface area contributed by atoms with Gasteiger partial charge in [-0.1, -0.05) is 29.3 Å². The molecule has 0 aliphatic heterocycles. The molecular weight excluding hydrogens is 506 g/mol. The lowest BCUT2D eigenvalue weighted by molar-refractivity contribution is -0.385. The number of aryl methyl sites for hydroxylation is 2. The van der Waals surface area contributed by atoms with Crippen molar-refractivity contribution in [1.29, 1.82) is 0 Å². The van der Waals surface area contributed by atoms with Crippen LogP contribution in [0.15, 0.2) is 30.3 Å². The lowest BCUT2D eigenvalue weighted by atomic mass is 10.0. The Bertz CT molecular complexity index is 1140. The van der Waals surface area contributed by atoms with E-state index in [2.05, 4.69) is 23.6 Å². The van der Waals surface area contributed by atoms with Crippen LogP contribution in [0.2, 0.25) is 0 Å². The SMILES string of the molecule is CCOC(=O)COc1cc(CNN(Cc2cc(C)cc(C)c2)C(C)(C)C)c([N+](=O)[O-])cc1OCC(=O)OCC. The van der Waals surface area contributed by atoms with Crippen LogP contribution < -0.4 is 14.9 Å². The molecule has 0 saturated heterocycles. The van der Waals surface area contributed by atoms with Gasteiger partial charge in [-0.3, -0.25) is 10.1 Å². The predicted molar refractivity (Wildman–Crippen MR) is 145 cm³/mol. The molecule has 0 aromatic heterocycles. The Morgan fingerprint density at radius 2 is 1.41 bits per heavy atom. The lowest BCUT2D eigenvalue weighted by Gasteiger charge is -2.36. The number of nitro groups is 1. The van der Waals surface area contributed by atoms with Gasteiger partial charge in [0.1, 0.15) is 0 Å². The van der Waals surface area contributed by atoms with Crippen molar-refractivity contribution in [1.82, 2.24) is 10.4 Å². The summed E-state index contributed by atoms with van der Waals surface area (Å²) in [6, 6.07) is 8.93. The van der Waals surface area contributed by atoms with Crippen molar-refractivity contribution in [2.75, 3.05) is 26.4 Å². The molecule has 2 rings (SSSR count). The van der Waals surface area contributed by atoms with E-state index in [1.165, 1.54) is 12.1 Å². The molecule has 1 N–H and O–H groups in total. The van der Waals surface area contributed by atoms with Gasteiger partial charge in [-0.25, -0.2) is 20.0 Å². The van der Waals surface area contributed by atoms with Gasteiger partial charge in [0.25, 0.3) is 5.69 Å². The fourth-order valence-electron chi connectivity index (χ4n) is 3.86. The summed E-state index contributed by atoms with van der Waals surface area (Å²) < 4.78 is 20.9. The van der Waals surface area contributed by atoms with Crippen LogP contribution in [0.3, 0.4) is 0 Å². The van der Waals surface area contributed by atoms with Crippen molar-refractivity contribution < 1.29 is 33.5 Å². The predicted octanol–water partition coefficient (Wildman–Crippen LogP) is 4.40. The first-order valence-electron chi connectivity index (χ1n) is 12.8. The Labute approximate surface area is 229 Å². The van der Waals surface area contributed by atoms with Crippen LogP contribution in [0, 0.1) is 24.0 Å². The molecule has 2 aromatic rings. The van der Waals surface area contributed by atoms with E-state index < -0.39 is 30.1 Å². The zero-order valence-corrected chi connectivity index (χ0v) is 23.8. The highest BCUT2D eigenvalue weighted by Gasteiger charge is 2.25. The highest BCUT2D eigenvalue weighted by Crippen LogP contribution is 2.35. The zero-order valence-electron chi connectivity index (χ0n) is 23.8. The molecule has 0 unspecified atom stereocenters. The summed E-state index contributed by atoms with van der Waals surface area (Å²) in [6.07, 6.45) is 0. The maximum atomic E-state index is 12.0. The molecule has 0 atom stereocenters. The fraction of sp³-hybridized carbons (Fsp3) is 0.500. The number of benzene rings is 2. The minimum Gasteiger partial charge on any atom is -0.478 e. The molecular formula is C28H39N3O8. The highest BCUT2D eigenvalue weighted by atomic mass is 16.6. The molecule has 0 amide bonds. The number of rotatable bonds is 14. The van der Waals surface area contributed by atoms with Gasteiger partial charge < -0.3 is 18.9 Å². The molecule has 0 saturated carbocycles. The van der Waals surface area contributed by atoms with E-state index in [-0.39, 0.29) is 42.5 Å². The fourth-order valence-corrected chi connectivity index (χ4v) is 3.86. The normalized spacial score (nSPS) is 11.3. The van der Waals surface area contributed by atoms with E-state index in [9.17, 15) is 19.7 Å². The second-order valence-corrected chi connectivity index (χ2v) is 9.96. The quantitative estimate of drug-likeness (QED) is 0.207. The Kier molecular flexibility index (Phi) is 11.7. The van der Waals surface area contributed by atoms with E-state index in [0.29, 0.717) is 12.1 Å². The number of esters is 2.